The van der Waals surface area contributed by atoms with E-state index in [1.54, 1.807) is 48.5 Å². The van der Waals surface area contributed by atoms with Crippen molar-refractivity contribution >= 4 is 28.3 Å². The molecule has 0 spiro atoms. The number of methoxy groups -OCH3 is 2. The third-order valence-corrected chi connectivity index (χ3v) is 5.08. The van der Waals surface area contributed by atoms with Crippen molar-refractivity contribution in [1.82, 2.24) is 0 Å². The number of benzene rings is 3. The lowest BCUT2D eigenvalue weighted by Crippen LogP contribution is -2.12. The molecule has 6 heteroatoms. The molecule has 1 amide bonds. The summed E-state index contributed by atoms with van der Waals surface area (Å²) in [5.41, 5.74) is 2.90. The van der Waals surface area contributed by atoms with Crippen LogP contribution in [-0.2, 0) is 0 Å². The van der Waals surface area contributed by atoms with Crippen molar-refractivity contribution in [3.8, 4) is 11.5 Å². The second kappa shape index (κ2) is 8.36. The Morgan fingerprint density at radius 2 is 1.58 bits per heavy atom. The minimum atomic E-state index is -0.290. The van der Waals surface area contributed by atoms with Crippen molar-refractivity contribution in [2.45, 2.75) is 6.92 Å². The second-order valence-corrected chi connectivity index (χ2v) is 6.99. The molecule has 0 fully saturated rings. The molecule has 156 valence electrons. The first kappa shape index (κ1) is 20.2. The maximum Gasteiger partial charge on any atom is 0.255 e. The highest BCUT2D eigenvalue weighted by Gasteiger charge is 2.20. The fraction of sp³-hybridized carbons (Fsp3) is 0.120. The Bertz CT molecular complexity index is 1270. The zero-order valence-electron chi connectivity index (χ0n) is 17.4. The molecule has 0 atom stereocenters. The zero-order valence-corrected chi connectivity index (χ0v) is 17.4. The molecule has 0 bridgehead atoms. The molecule has 0 aliphatic carbocycles. The first-order valence-corrected chi connectivity index (χ1v) is 9.68. The summed E-state index contributed by atoms with van der Waals surface area (Å²) in [5, 5.41) is 3.64. The molecule has 0 saturated heterocycles. The maximum atomic E-state index is 12.8. The predicted octanol–water partition coefficient (Wildman–Crippen LogP) is 5.24. The molecule has 1 heterocycles. The van der Waals surface area contributed by atoms with Crippen LogP contribution in [0.25, 0.3) is 11.0 Å². The van der Waals surface area contributed by atoms with Gasteiger partial charge in [0.1, 0.15) is 5.58 Å². The number of ketones is 1. The van der Waals surface area contributed by atoms with Gasteiger partial charge in [-0.15, -0.1) is 0 Å². The van der Waals surface area contributed by atoms with E-state index in [2.05, 4.69) is 5.32 Å². The third-order valence-electron chi connectivity index (χ3n) is 5.08. The summed E-state index contributed by atoms with van der Waals surface area (Å²) in [6.45, 7) is 1.84. The number of hydrogen-bond donors (Lipinski definition) is 1. The predicted molar refractivity (Wildman–Crippen MR) is 118 cm³/mol. The van der Waals surface area contributed by atoms with Gasteiger partial charge in [0.25, 0.3) is 5.91 Å². The number of ether oxygens (including phenoxy) is 2. The molecule has 0 aliphatic heterocycles. The van der Waals surface area contributed by atoms with E-state index in [-0.39, 0.29) is 11.7 Å². The number of nitrogens with one attached hydrogen (secondary N) is 1. The quantitative estimate of drug-likeness (QED) is 0.436. The molecule has 0 unspecified atom stereocenters. The molecule has 3 aromatic carbocycles. The van der Waals surface area contributed by atoms with E-state index >= 15 is 0 Å². The minimum absolute atomic E-state index is 0.176. The summed E-state index contributed by atoms with van der Waals surface area (Å²) in [6.07, 6.45) is 0. The Morgan fingerprint density at radius 3 is 2.29 bits per heavy atom. The monoisotopic (exact) mass is 415 g/mol. The van der Waals surface area contributed by atoms with Gasteiger partial charge in [-0.05, 0) is 43.3 Å². The van der Waals surface area contributed by atoms with Crippen LogP contribution in [0.2, 0.25) is 0 Å². The first-order chi connectivity index (χ1) is 15.0. The van der Waals surface area contributed by atoms with Gasteiger partial charge in [0.15, 0.2) is 17.3 Å². The van der Waals surface area contributed by atoms with Crippen LogP contribution in [0.5, 0.6) is 11.5 Å². The molecule has 31 heavy (non-hydrogen) atoms. The van der Waals surface area contributed by atoms with Gasteiger partial charge in [-0.25, -0.2) is 0 Å². The van der Waals surface area contributed by atoms with E-state index < -0.39 is 0 Å². The number of amides is 1. The van der Waals surface area contributed by atoms with Crippen LogP contribution in [0.3, 0.4) is 0 Å². The Morgan fingerprint density at radius 1 is 0.839 bits per heavy atom. The molecule has 0 aliphatic rings. The molecular formula is C25H21NO5. The van der Waals surface area contributed by atoms with Crippen LogP contribution < -0.4 is 14.8 Å². The average Bonchev–Trinajstić information content (AvgIpc) is 3.14. The van der Waals surface area contributed by atoms with Crippen molar-refractivity contribution in [3.63, 3.8) is 0 Å². The number of carbonyl (C=O) groups excluding carboxylic acids is 2. The molecule has 4 aromatic rings. The van der Waals surface area contributed by atoms with E-state index in [0.29, 0.717) is 39.7 Å². The number of fused-ring (bicyclic) bond motifs is 1. The number of hydrogen-bond acceptors (Lipinski definition) is 5. The Kier molecular flexibility index (Phi) is 5.45. The van der Waals surface area contributed by atoms with E-state index in [4.69, 9.17) is 13.9 Å². The highest BCUT2D eigenvalue weighted by molar-refractivity contribution is 6.11. The second-order valence-electron chi connectivity index (χ2n) is 6.99. The highest BCUT2D eigenvalue weighted by Crippen LogP contribution is 2.31. The number of carbonyl (C=O) groups is 2. The molecule has 0 radical (unpaired) electrons. The number of furan rings is 1. The van der Waals surface area contributed by atoms with Crippen LogP contribution in [-0.4, -0.2) is 25.9 Å². The lowest BCUT2D eigenvalue weighted by Gasteiger charge is -2.10. The number of rotatable bonds is 6. The normalized spacial score (nSPS) is 10.7. The van der Waals surface area contributed by atoms with Gasteiger partial charge < -0.3 is 19.2 Å². The highest BCUT2D eigenvalue weighted by atomic mass is 16.5. The number of aryl methyl sites for hydroxylation is 1. The lowest BCUT2D eigenvalue weighted by molar-refractivity contribution is 0.101. The fourth-order valence-corrected chi connectivity index (χ4v) is 3.42. The standard InChI is InChI=1S/C25H21NO5/c1-15-19-14-18(26-25(28)17-9-11-21(29-2)22(13-17)30-3)10-12-20(19)31-24(15)23(27)16-7-5-4-6-8-16/h4-14H,1-3H3,(H,26,28). The summed E-state index contributed by atoms with van der Waals surface area (Å²) in [6, 6.07) is 19.2. The summed E-state index contributed by atoms with van der Waals surface area (Å²) < 4.78 is 16.3. The van der Waals surface area contributed by atoms with Crippen molar-refractivity contribution in [2.24, 2.45) is 0 Å². The van der Waals surface area contributed by atoms with Gasteiger partial charge in [-0.2, -0.15) is 0 Å². The van der Waals surface area contributed by atoms with Gasteiger partial charge in [-0.1, -0.05) is 30.3 Å². The van der Waals surface area contributed by atoms with E-state index in [1.165, 1.54) is 14.2 Å². The van der Waals surface area contributed by atoms with Gasteiger partial charge >= 0.3 is 0 Å². The summed E-state index contributed by atoms with van der Waals surface area (Å²) >= 11 is 0. The largest absolute Gasteiger partial charge is 0.493 e. The smallest absolute Gasteiger partial charge is 0.255 e. The zero-order chi connectivity index (χ0) is 22.0. The van der Waals surface area contributed by atoms with Gasteiger partial charge in [0, 0.05) is 27.8 Å². The Balaban J connectivity index is 1.62. The molecular weight excluding hydrogens is 394 g/mol. The van der Waals surface area contributed by atoms with Crippen molar-refractivity contribution < 1.29 is 23.5 Å². The van der Waals surface area contributed by atoms with Crippen LogP contribution in [0, 0.1) is 6.92 Å². The summed E-state index contributed by atoms with van der Waals surface area (Å²) in [4.78, 5) is 25.5. The lowest BCUT2D eigenvalue weighted by atomic mass is 10.0. The molecule has 4 rings (SSSR count). The van der Waals surface area contributed by atoms with E-state index in [9.17, 15) is 9.59 Å². The molecule has 1 N–H and O–H groups in total. The van der Waals surface area contributed by atoms with Crippen LogP contribution in [0.1, 0.15) is 32.0 Å². The van der Waals surface area contributed by atoms with Gasteiger partial charge in [-0.3, -0.25) is 9.59 Å². The third kappa shape index (κ3) is 3.88. The average molecular weight is 415 g/mol. The van der Waals surface area contributed by atoms with Crippen molar-refractivity contribution in [1.29, 1.82) is 0 Å². The van der Waals surface area contributed by atoms with Crippen molar-refractivity contribution in [2.75, 3.05) is 19.5 Å². The first-order valence-electron chi connectivity index (χ1n) is 9.68. The number of anilines is 1. The molecule has 6 nitrogen and oxygen atoms in total. The summed E-state index contributed by atoms with van der Waals surface area (Å²) in [5.74, 6) is 0.849. The Hall–Kier alpha value is -4.06. The van der Waals surface area contributed by atoms with Gasteiger partial charge in [0.2, 0.25) is 5.78 Å². The van der Waals surface area contributed by atoms with Gasteiger partial charge in [0.05, 0.1) is 14.2 Å². The van der Waals surface area contributed by atoms with Crippen LogP contribution in [0.15, 0.2) is 71.1 Å². The minimum Gasteiger partial charge on any atom is -0.493 e. The maximum absolute atomic E-state index is 12.8. The van der Waals surface area contributed by atoms with E-state index in [1.807, 2.05) is 25.1 Å². The van der Waals surface area contributed by atoms with Crippen LogP contribution in [0.4, 0.5) is 5.69 Å². The van der Waals surface area contributed by atoms with E-state index in [0.717, 1.165) is 10.9 Å². The van der Waals surface area contributed by atoms with Crippen molar-refractivity contribution in [3.05, 3.63) is 89.2 Å². The molecule has 1 aromatic heterocycles. The van der Waals surface area contributed by atoms with Crippen LogP contribution >= 0.6 is 0 Å². The topological polar surface area (TPSA) is 77.8 Å². The SMILES string of the molecule is COc1ccc(C(=O)Nc2ccc3oc(C(=O)c4ccccc4)c(C)c3c2)cc1OC. The molecule has 0 saturated carbocycles. The fourth-order valence-electron chi connectivity index (χ4n) is 3.42. The summed E-state index contributed by atoms with van der Waals surface area (Å²) in [7, 11) is 3.06. The Labute approximate surface area is 179 Å².